The second kappa shape index (κ2) is 10.4. The Morgan fingerprint density at radius 2 is 1.97 bits per heavy atom. The number of anilines is 1. The van der Waals surface area contributed by atoms with Gasteiger partial charge in [-0.25, -0.2) is 13.8 Å². The Kier molecular flexibility index (Phi) is 7.55. The van der Waals surface area contributed by atoms with Crippen molar-refractivity contribution in [2.24, 2.45) is 11.7 Å². The van der Waals surface area contributed by atoms with Gasteiger partial charge >= 0.3 is 0 Å². The summed E-state index contributed by atoms with van der Waals surface area (Å²) in [6.07, 6.45) is 4.80. The first-order valence-electron chi connectivity index (χ1n) is 11.5. The zero-order valence-electron chi connectivity index (χ0n) is 19.9. The van der Waals surface area contributed by atoms with E-state index in [4.69, 9.17) is 10.5 Å². The maximum absolute atomic E-state index is 14.7. The number of methoxy groups -OCH3 is 1. The normalized spacial score (nSPS) is 22.1. The molecule has 1 amide bonds. The highest BCUT2D eigenvalue weighted by molar-refractivity contribution is 7.28. The molecule has 184 valence electrons. The number of rotatable bonds is 5. The molecule has 35 heavy (non-hydrogen) atoms. The second-order valence-corrected chi connectivity index (χ2v) is 9.79. The van der Waals surface area contributed by atoms with Crippen LogP contribution in [0.5, 0.6) is 0 Å². The summed E-state index contributed by atoms with van der Waals surface area (Å²) in [6, 6.07) is 7.17. The molecular weight excluding hydrogens is 469 g/mol. The molecule has 2 aromatic heterocycles. The molecule has 0 radical (unpaired) electrons. The minimum Gasteiger partial charge on any atom is -0.380 e. The lowest BCUT2D eigenvalue weighted by molar-refractivity contribution is 0.00983. The minimum atomic E-state index is -0.715. The first-order valence-corrected chi connectivity index (χ1v) is 12.0. The predicted molar refractivity (Wildman–Crippen MR) is 136 cm³/mol. The van der Waals surface area contributed by atoms with Gasteiger partial charge in [-0.15, -0.1) is 9.24 Å². The van der Waals surface area contributed by atoms with Crippen LogP contribution in [0.25, 0.3) is 11.3 Å². The van der Waals surface area contributed by atoms with Crippen LogP contribution in [0, 0.1) is 24.5 Å². The molecule has 3 N–H and O–H groups in total. The number of nitrogens with two attached hydrogens (primary N) is 1. The van der Waals surface area contributed by atoms with Crippen LogP contribution in [0.15, 0.2) is 42.7 Å². The number of pyridine rings is 2. The summed E-state index contributed by atoms with van der Waals surface area (Å²) >= 11 is 0. The largest absolute Gasteiger partial charge is 0.380 e. The molecule has 1 aliphatic rings. The topological polar surface area (TPSA) is 90.1 Å². The van der Waals surface area contributed by atoms with Gasteiger partial charge in [0, 0.05) is 24.9 Å². The molecule has 0 aliphatic heterocycles. The van der Waals surface area contributed by atoms with E-state index in [-0.39, 0.29) is 40.9 Å². The van der Waals surface area contributed by atoms with Gasteiger partial charge in [0.2, 0.25) is 0 Å². The molecule has 1 saturated carbocycles. The van der Waals surface area contributed by atoms with Crippen molar-refractivity contribution in [3.8, 4) is 11.3 Å². The van der Waals surface area contributed by atoms with Crippen molar-refractivity contribution in [1.29, 1.82) is 0 Å². The molecule has 2 heterocycles. The van der Waals surface area contributed by atoms with E-state index in [0.717, 1.165) is 18.1 Å². The van der Waals surface area contributed by atoms with Crippen molar-refractivity contribution in [3.05, 3.63) is 71.2 Å². The highest BCUT2D eigenvalue weighted by Crippen LogP contribution is 2.39. The van der Waals surface area contributed by atoms with Crippen LogP contribution in [0.4, 0.5) is 14.5 Å². The number of aryl methyl sites for hydroxylation is 1. The summed E-state index contributed by atoms with van der Waals surface area (Å²) in [5.41, 5.74) is 8.28. The Bertz CT molecular complexity index is 1220. The smallest absolute Gasteiger partial charge is 0.274 e. The lowest BCUT2D eigenvalue weighted by Crippen LogP contribution is -2.45. The van der Waals surface area contributed by atoms with Gasteiger partial charge in [0.1, 0.15) is 23.0 Å². The van der Waals surface area contributed by atoms with Gasteiger partial charge in [-0.3, -0.25) is 9.78 Å². The number of carbonyl (C=O) groups is 1. The Morgan fingerprint density at radius 1 is 1.20 bits per heavy atom. The van der Waals surface area contributed by atoms with E-state index < -0.39 is 17.5 Å². The highest BCUT2D eigenvalue weighted by Gasteiger charge is 2.35. The van der Waals surface area contributed by atoms with Gasteiger partial charge in [-0.05, 0) is 72.3 Å². The van der Waals surface area contributed by atoms with Gasteiger partial charge in [-0.2, -0.15) is 0 Å². The fourth-order valence-corrected chi connectivity index (χ4v) is 5.58. The maximum atomic E-state index is 14.7. The van der Waals surface area contributed by atoms with Crippen molar-refractivity contribution in [1.82, 2.24) is 9.97 Å². The van der Waals surface area contributed by atoms with E-state index in [9.17, 15) is 13.6 Å². The molecule has 3 aromatic rings. The average molecular weight is 499 g/mol. The zero-order valence-corrected chi connectivity index (χ0v) is 21.0. The number of halogens is 2. The highest BCUT2D eigenvalue weighted by atomic mass is 31.0. The van der Waals surface area contributed by atoms with Crippen LogP contribution in [-0.2, 0) is 4.74 Å². The van der Waals surface area contributed by atoms with Gasteiger partial charge in [-0.1, -0.05) is 13.0 Å². The zero-order chi connectivity index (χ0) is 25.3. The number of nitrogens with one attached hydrogen (secondary N) is 1. The Balaban J connectivity index is 1.62. The molecule has 5 unspecified atom stereocenters. The fourth-order valence-electron chi connectivity index (χ4n) is 5.04. The summed E-state index contributed by atoms with van der Waals surface area (Å²) < 4.78 is 34.9. The molecule has 4 rings (SSSR count). The molecule has 0 saturated heterocycles. The summed E-state index contributed by atoms with van der Waals surface area (Å²) in [5.74, 6) is -1.50. The van der Waals surface area contributed by atoms with Gasteiger partial charge in [0.05, 0.1) is 18.0 Å². The number of amides is 1. The number of hydrogen-bond donors (Lipinski definition) is 2. The third-order valence-corrected chi connectivity index (χ3v) is 7.05. The van der Waals surface area contributed by atoms with E-state index in [1.807, 2.05) is 6.07 Å². The van der Waals surface area contributed by atoms with E-state index in [1.54, 1.807) is 32.5 Å². The van der Waals surface area contributed by atoms with Crippen LogP contribution in [0.2, 0.25) is 0 Å². The van der Waals surface area contributed by atoms with Gasteiger partial charge < -0.3 is 15.8 Å². The lowest BCUT2D eigenvalue weighted by Gasteiger charge is -2.38. The number of carbonyl (C=O) groups excluding carboxylic acids is 1. The average Bonchev–Trinajstić information content (AvgIpc) is 2.79. The van der Waals surface area contributed by atoms with Crippen LogP contribution in [0.3, 0.4) is 0 Å². The Morgan fingerprint density at radius 3 is 2.66 bits per heavy atom. The molecule has 6 nitrogen and oxygen atoms in total. The van der Waals surface area contributed by atoms with E-state index in [1.165, 1.54) is 12.1 Å². The van der Waals surface area contributed by atoms with Crippen LogP contribution >= 0.6 is 9.24 Å². The molecular formula is C26H29F2N4O2P. The molecule has 1 fully saturated rings. The molecule has 1 aromatic carbocycles. The van der Waals surface area contributed by atoms with Crippen molar-refractivity contribution in [3.63, 3.8) is 0 Å². The third kappa shape index (κ3) is 5.25. The van der Waals surface area contributed by atoms with Crippen molar-refractivity contribution < 1.29 is 18.3 Å². The number of aromatic nitrogens is 2. The first kappa shape index (κ1) is 25.3. The quantitative estimate of drug-likeness (QED) is 0.511. The van der Waals surface area contributed by atoms with E-state index in [0.29, 0.717) is 23.0 Å². The van der Waals surface area contributed by atoms with Gasteiger partial charge in [0.25, 0.3) is 5.91 Å². The van der Waals surface area contributed by atoms with Crippen LogP contribution in [-0.4, -0.2) is 35.1 Å². The third-order valence-electron chi connectivity index (χ3n) is 6.59. The fraction of sp³-hybridized carbons (Fsp3) is 0.346. The minimum absolute atomic E-state index is 0.00712. The molecule has 9 heteroatoms. The number of ether oxygens (including phenoxy) is 1. The van der Waals surface area contributed by atoms with Crippen LogP contribution in [0.1, 0.15) is 47.3 Å². The maximum Gasteiger partial charge on any atom is 0.274 e. The lowest BCUT2D eigenvalue weighted by atomic mass is 9.74. The second-order valence-electron chi connectivity index (χ2n) is 9.16. The number of benzene rings is 1. The monoisotopic (exact) mass is 498 g/mol. The number of hydrogen-bond acceptors (Lipinski definition) is 5. The summed E-state index contributed by atoms with van der Waals surface area (Å²) in [5, 5.41) is 3.31. The standard InChI is InChI=1S/C26H29F2N4O2P/c1-13-8-18(28)23(22(35)9-13)24-17(27)4-5-20(31-24)26(33)32-21-12-30-7-6-16(21)15-10-14(2)25(34-3)19(29)11-15/h4-9,12,14-15,19,25H,10-11,29,35H2,1-3H3,(H,32,33). The SMILES string of the molecule is COC1C(C)CC(c2ccncc2NC(=O)c2ccc(F)c(-c3c(F)cc(C)cc3P)n2)CC1N. The molecule has 0 spiro atoms. The molecule has 5 atom stereocenters. The van der Waals surface area contributed by atoms with E-state index in [2.05, 4.69) is 31.4 Å². The van der Waals surface area contributed by atoms with Crippen molar-refractivity contribution in [2.75, 3.05) is 12.4 Å². The van der Waals surface area contributed by atoms with Gasteiger partial charge in [0.15, 0.2) is 0 Å². The summed E-state index contributed by atoms with van der Waals surface area (Å²) in [7, 11) is 4.07. The summed E-state index contributed by atoms with van der Waals surface area (Å²) in [6.45, 7) is 3.85. The number of nitrogens with zero attached hydrogens (tertiary/aromatic N) is 2. The first-order chi connectivity index (χ1) is 16.7. The van der Waals surface area contributed by atoms with Crippen LogP contribution < -0.4 is 16.4 Å². The Labute approximate surface area is 205 Å². The van der Waals surface area contributed by atoms with E-state index >= 15 is 0 Å². The van der Waals surface area contributed by atoms with Crippen molar-refractivity contribution in [2.45, 2.75) is 44.8 Å². The van der Waals surface area contributed by atoms with Crippen molar-refractivity contribution >= 4 is 26.1 Å². The predicted octanol–water partition coefficient (Wildman–Crippen LogP) is 4.34. The summed E-state index contributed by atoms with van der Waals surface area (Å²) in [4.78, 5) is 21.5. The molecule has 1 aliphatic carbocycles. The molecule has 0 bridgehead atoms. The Hall–Kier alpha value is -2.80.